The number of carbonyl (C=O) groups is 1. The number of carboxylic acids is 1. The van der Waals surface area contributed by atoms with Crippen molar-refractivity contribution in [1.29, 1.82) is 0 Å². The second-order valence-electron chi connectivity index (χ2n) is 4.17. The lowest BCUT2D eigenvalue weighted by atomic mass is 9.71. The highest BCUT2D eigenvalue weighted by molar-refractivity contribution is 5.72. The van der Waals surface area contributed by atoms with Crippen LogP contribution in [0.15, 0.2) is 0 Å². The Balaban J connectivity index is 1.93. The van der Waals surface area contributed by atoms with Gasteiger partial charge in [0.2, 0.25) is 0 Å². The first-order valence-electron chi connectivity index (χ1n) is 4.63. The lowest BCUT2D eigenvalue weighted by Gasteiger charge is -2.48. The van der Waals surface area contributed by atoms with Gasteiger partial charge in [-0.05, 0) is 31.6 Å². The molecule has 1 aliphatic carbocycles. The smallest absolute Gasteiger partial charge is 0.320 e. The zero-order valence-electron chi connectivity index (χ0n) is 7.36. The van der Waals surface area contributed by atoms with E-state index in [1.807, 2.05) is 0 Å². The van der Waals surface area contributed by atoms with Gasteiger partial charge >= 0.3 is 5.97 Å². The highest BCUT2D eigenvalue weighted by Crippen LogP contribution is 2.39. The molecule has 0 spiro atoms. The van der Waals surface area contributed by atoms with Crippen LogP contribution in [0.25, 0.3) is 0 Å². The van der Waals surface area contributed by atoms with Gasteiger partial charge in [-0.3, -0.25) is 9.69 Å². The predicted octanol–water partition coefficient (Wildman–Crippen LogP) is 0.801. The van der Waals surface area contributed by atoms with Crippen molar-refractivity contribution in [3.05, 3.63) is 0 Å². The highest BCUT2D eigenvalue weighted by Gasteiger charge is 2.39. The molecule has 3 rings (SSSR count). The molecule has 0 aromatic rings. The molecule has 1 saturated carbocycles. The van der Waals surface area contributed by atoms with E-state index in [1.54, 1.807) is 6.92 Å². The number of hydrogen-bond donors (Lipinski definition) is 1. The first-order valence-corrected chi connectivity index (χ1v) is 4.63. The molecule has 0 aromatic carbocycles. The summed E-state index contributed by atoms with van der Waals surface area (Å²) in [6, 6.07) is -0.282. The summed E-state index contributed by atoms with van der Waals surface area (Å²) < 4.78 is 0. The fourth-order valence-corrected chi connectivity index (χ4v) is 2.38. The summed E-state index contributed by atoms with van der Waals surface area (Å²) in [4.78, 5) is 12.8. The van der Waals surface area contributed by atoms with Gasteiger partial charge in [0.1, 0.15) is 6.04 Å². The van der Waals surface area contributed by atoms with Crippen LogP contribution in [-0.2, 0) is 4.79 Å². The van der Waals surface area contributed by atoms with Crippen molar-refractivity contribution in [2.24, 2.45) is 11.8 Å². The van der Waals surface area contributed by atoms with Crippen LogP contribution in [0.4, 0.5) is 0 Å². The summed E-state index contributed by atoms with van der Waals surface area (Å²) in [6.45, 7) is 3.79. The second-order valence-corrected chi connectivity index (χ2v) is 4.17. The third-order valence-electron chi connectivity index (χ3n) is 3.22. The van der Waals surface area contributed by atoms with Crippen molar-refractivity contribution in [2.45, 2.75) is 25.8 Å². The molecule has 2 bridgehead atoms. The van der Waals surface area contributed by atoms with Crippen LogP contribution in [-0.4, -0.2) is 35.1 Å². The Labute approximate surface area is 72.4 Å². The second kappa shape index (κ2) is 2.73. The molecule has 2 aliphatic heterocycles. The Morgan fingerprint density at radius 3 is 2.33 bits per heavy atom. The summed E-state index contributed by atoms with van der Waals surface area (Å²) in [5, 5.41) is 8.79. The number of hydrogen-bond acceptors (Lipinski definition) is 2. The van der Waals surface area contributed by atoms with Crippen LogP contribution < -0.4 is 0 Å². The maximum atomic E-state index is 10.7. The average Bonchev–Trinajstić information content (AvgIpc) is 2.02. The lowest BCUT2D eigenvalue weighted by Crippen LogP contribution is -2.53. The summed E-state index contributed by atoms with van der Waals surface area (Å²) in [5.74, 6) is 0.910. The quantitative estimate of drug-likeness (QED) is 0.664. The minimum Gasteiger partial charge on any atom is -0.480 e. The van der Waals surface area contributed by atoms with E-state index in [1.165, 1.54) is 12.8 Å². The number of aliphatic carboxylic acids is 1. The number of nitrogens with zero attached hydrogens (tertiary/aromatic N) is 1. The van der Waals surface area contributed by atoms with Gasteiger partial charge in [-0.1, -0.05) is 0 Å². The summed E-state index contributed by atoms with van der Waals surface area (Å²) in [6.07, 6.45) is 2.67. The molecular formula is C9H15NO2. The van der Waals surface area contributed by atoms with Crippen LogP contribution in [0.5, 0.6) is 0 Å². The van der Waals surface area contributed by atoms with Crippen molar-refractivity contribution in [3.8, 4) is 0 Å². The zero-order valence-corrected chi connectivity index (χ0v) is 7.36. The van der Waals surface area contributed by atoms with Crippen LogP contribution in [0, 0.1) is 11.8 Å². The fourth-order valence-electron chi connectivity index (χ4n) is 2.38. The van der Waals surface area contributed by atoms with Gasteiger partial charge < -0.3 is 5.11 Å². The van der Waals surface area contributed by atoms with Crippen LogP contribution in [0.2, 0.25) is 0 Å². The Bertz CT molecular complexity index is 189. The zero-order chi connectivity index (χ0) is 8.72. The maximum absolute atomic E-state index is 10.7. The SMILES string of the molecule is CC(C(=O)O)N1CC2CC(C2)C1. The van der Waals surface area contributed by atoms with E-state index in [0.29, 0.717) is 0 Å². The lowest BCUT2D eigenvalue weighted by molar-refractivity contribution is -0.145. The minimum atomic E-state index is -0.684. The molecule has 3 aliphatic rings. The molecule has 3 heteroatoms. The van der Waals surface area contributed by atoms with Crippen molar-refractivity contribution < 1.29 is 9.90 Å². The molecule has 2 heterocycles. The topological polar surface area (TPSA) is 40.5 Å². The monoisotopic (exact) mass is 169 g/mol. The van der Waals surface area contributed by atoms with E-state index in [-0.39, 0.29) is 6.04 Å². The molecule has 1 unspecified atom stereocenters. The summed E-state index contributed by atoms with van der Waals surface area (Å²) >= 11 is 0. The third-order valence-corrected chi connectivity index (χ3v) is 3.22. The van der Waals surface area contributed by atoms with Crippen LogP contribution in [0.3, 0.4) is 0 Å². The summed E-state index contributed by atoms with van der Waals surface area (Å²) in [5.41, 5.74) is 0. The van der Waals surface area contributed by atoms with E-state index in [9.17, 15) is 4.79 Å². The van der Waals surface area contributed by atoms with Crippen molar-refractivity contribution in [1.82, 2.24) is 4.90 Å². The first-order chi connectivity index (χ1) is 5.66. The maximum Gasteiger partial charge on any atom is 0.320 e. The van der Waals surface area contributed by atoms with Crippen molar-refractivity contribution in [3.63, 3.8) is 0 Å². The van der Waals surface area contributed by atoms with Crippen LogP contribution >= 0.6 is 0 Å². The molecule has 1 N–H and O–H groups in total. The van der Waals surface area contributed by atoms with Gasteiger partial charge in [0, 0.05) is 13.1 Å². The van der Waals surface area contributed by atoms with Gasteiger partial charge in [0.05, 0.1) is 0 Å². The molecule has 3 nitrogen and oxygen atoms in total. The molecule has 0 radical (unpaired) electrons. The van der Waals surface area contributed by atoms with Crippen molar-refractivity contribution in [2.75, 3.05) is 13.1 Å². The van der Waals surface area contributed by atoms with Gasteiger partial charge in [0.15, 0.2) is 0 Å². The van der Waals surface area contributed by atoms with E-state index >= 15 is 0 Å². The van der Waals surface area contributed by atoms with E-state index in [2.05, 4.69) is 4.90 Å². The Hall–Kier alpha value is -0.570. The Morgan fingerprint density at radius 2 is 1.92 bits per heavy atom. The standard InChI is InChI=1S/C9H15NO2/c1-6(9(11)12)10-4-7-2-8(3-7)5-10/h6-8H,2-5H2,1H3,(H,11,12). The molecule has 12 heavy (non-hydrogen) atoms. The molecule has 1 atom stereocenters. The van der Waals surface area contributed by atoms with E-state index in [4.69, 9.17) is 5.11 Å². The number of carboxylic acid groups (broad SMARTS) is 1. The number of fused-ring (bicyclic) bond motifs is 2. The normalized spacial score (nSPS) is 37.1. The number of rotatable bonds is 2. The van der Waals surface area contributed by atoms with Gasteiger partial charge in [0.25, 0.3) is 0 Å². The largest absolute Gasteiger partial charge is 0.480 e. The molecular weight excluding hydrogens is 154 g/mol. The molecule has 0 aromatic heterocycles. The van der Waals surface area contributed by atoms with Crippen molar-refractivity contribution >= 4 is 5.97 Å². The van der Waals surface area contributed by atoms with E-state index in [0.717, 1.165) is 24.9 Å². The first kappa shape index (κ1) is 8.05. The van der Waals surface area contributed by atoms with Gasteiger partial charge in [-0.2, -0.15) is 0 Å². The van der Waals surface area contributed by atoms with Gasteiger partial charge in [-0.25, -0.2) is 0 Å². The Morgan fingerprint density at radius 1 is 1.42 bits per heavy atom. The fraction of sp³-hybridized carbons (Fsp3) is 0.889. The molecule has 2 saturated heterocycles. The molecule has 68 valence electrons. The van der Waals surface area contributed by atoms with Crippen LogP contribution in [0.1, 0.15) is 19.8 Å². The van der Waals surface area contributed by atoms with E-state index < -0.39 is 5.97 Å². The highest BCUT2D eigenvalue weighted by atomic mass is 16.4. The Kier molecular flexibility index (Phi) is 1.83. The summed E-state index contributed by atoms with van der Waals surface area (Å²) in [7, 11) is 0. The predicted molar refractivity (Wildman–Crippen MR) is 44.9 cm³/mol. The minimum absolute atomic E-state index is 0.282. The average molecular weight is 169 g/mol. The molecule has 0 amide bonds. The van der Waals surface area contributed by atoms with Gasteiger partial charge in [-0.15, -0.1) is 0 Å². The number of piperidine rings is 2. The third kappa shape index (κ3) is 1.22. The molecule has 3 fully saturated rings.